The van der Waals surface area contributed by atoms with E-state index in [1.54, 1.807) is 6.07 Å². The van der Waals surface area contributed by atoms with Crippen molar-refractivity contribution < 1.29 is 18.7 Å². The molecule has 1 aliphatic rings. The first kappa shape index (κ1) is 17.4. The predicted molar refractivity (Wildman–Crippen MR) is 97.2 cm³/mol. The van der Waals surface area contributed by atoms with Crippen molar-refractivity contribution in [1.29, 1.82) is 0 Å². The van der Waals surface area contributed by atoms with E-state index >= 15 is 0 Å². The molecule has 1 saturated heterocycles. The second-order valence-electron chi connectivity index (χ2n) is 5.60. The van der Waals surface area contributed by atoms with Gasteiger partial charge in [-0.2, -0.15) is 11.3 Å². The van der Waals surface area contributed by atoms with Gasteiger partial charge in [0.15, 0.2) is 17.3 Å². The fourth-order valence-electron chi connectivity index (χ4n) is 2.56. The number of ether oxygens (including phenoxy) is 2. The van der Waals surface area contributed by atoms with Gasteiger partial charge in [-0.1, -0.05) is 5.10 Å². The molecule has 140 valence electrons. The summed E-state index contributed by atoms with van der Waals surface area (Å²) in [5.41, 5.74) is 0.824. The van der Waals surface area contributed by atoms with Gasteiger partial charge in [0.2, 0.25) is 0 Å². The quantitative estimate of drug-likeness (QED) is 0.697. The van der Waals surface area contributed by atoms with Crippen LogP contribution in [0.25, 0.3) is 11.5 Å². The molecule has 3 aromatic rings. The highest BCUT2D eigenvalue weighted by molar-refractivity contribution is 7.08. The maximum Gasteiger partial charge on any atom is 0.322 e. The average Bonchev–Trinajstić information content (AvgIpc) is 3.40. The molecule has 0 saturated carbocycles. The van der Waals surface area contributed by atoms with Gasteiger partial charge >= 0.3 is 6.01 Å². The van der Waals surface area contributed by atoms with E-state index in [0.717, 1.165) is 5.56 Å². The lowest BCUT2D eigenvalue weighted by Crippen LogP contribution is -2.37. The minimum Gasteiger partial charge on any atom is -0.494 e. The molecule has 10 nitrogen and oxygen atoms in total. The minimum absolute atomic E-state index is 0.0256. The third-order valence-corrected chi connectivity index (χ3v) is 4.61. The molecular weight excluding hydrogens is 372 g/mol. The van der Waals surface area contributed by atoms with Gasteiger partial charge in [-0.15, -0.1) is 15.3 Å². The van der Waals surface area contributed by atoms with Gasteiger partial charge in [0, 0.05) is 30.1 Å². The number of carbonyl (C=O) groups excluding carboxylic acids is 1. The molecule has 4 heterocycles. The number of aromatic nitrogens is 4. The van der Waals surface area contributed by atoms with Gasteiger partial charge in [0.1, 0.15) is 0 Å². The van der Waals surface area contributed by atoms with Gasteiger partial charge in [-0.05, 0) is 11.4 Å². The van der Waals surface area contributed by atoms with Gasteiger partial charge in [-0.25, -0.2) is 0 Å². The summed E-state index contributed by atoms with van der Waals surface area (Å²) in [6.07, 6.45) is 0. The van der Waals surface area contributed by atoms with Crippen molar-refractivity contribution in [1.82, 2.24) is 20.4 Å². The first-order chi connectivity index (χ1) is 13.2. The summed E-state index contributed by atoms with van der Waals surface area (Å²) in [4.78, 5) is 14.5. The van der Waals surface area contributed by atoms with Crippen molar-refractivity contribution in [3.63, 3.8) is 0 Å². The first-order valence-corrected chi connectivity index (χ1v) is 9.10. The molecule has 0 aliphatic carbocycles. The predicted octanol–water partition coefficient (Wildman–Crippen LogP) is 1.69. The molecule has 0 radical (unpaired) electrons. The van der Waals surface area contributed by atoms with Crippen LogP contribution in [0.2, 0.25) is 0 Å². The van der Waals surface area contributed by atoms with Crippen LogP contribution in [0, 0.1) is 0 Å². The summed E-state index contributed by atoms with van der Waals surface area (Å²) in [6.45, 7) is 2.65. The van der Waals surface area contributed by atoms with Crippen LogP contribution in [0.3, 0.4) is 0 Å². The topological polar surface area (TPSA) is 116 Å². The molecule has 3 aromatic heterocycles. The highest BCUT2D eigenvalue weighted by Gasteiger charge is 2.21. The van der Waals surface area contributed by atoms with Crippen LogP contribution in [-0.4, -0.2) is 59.7 Å². The molecule has 4 rings (SSSR count). The van der Waals surface area contributed by atoms with E-state index in [-0.39, 0.29) is 11.7 Å². The van der Waals surface area contributed by atoms with Gasteiger partial charge < -0.3 is 18.8 Å². The van der Waals surface area contributed by atoms with Crippen molar-refractivity contribution in [3.05, 3.63) is 28.6 Å². The van der Waals surface area contributed by atoms with Crippen molar-refractivity contribution >= 4 is 29.1 Å². The molecule has 0 unspecified atom stereocenters. The first-order valence-electron chi connectivity index (χ1n) is 8.16. The maximum absolute atomic E-state index is 12.5. The Bertz CT molecular complexity index is 923. The molecule has 0 bridgehead atoms. The second kappa shape index (κ2) is 7.68. The Morgan fingerprint density at radius 3 is 2.85 bits per heavy atom. The fourth-order valence-corrected chi connectivity index (χ4v) is 3.19. The monoisotopic (exact) mass is 388 g/mol. The number of hydrogen-bond donors (Lipinski definition) is 1. The second-order valence-corrected chi connectivity index (χ2v) is 6.38. The Kier molecular flexibility index (Phi) is 4.94. The normalized spacial score (nSPS) is 14.2. The molecule has 27 heavy (non-hydrogen) atoms. The summed E-state index contributed by atoms with van der Waals surface area (Å²) in [5, 5.41) is 22.2. The van der Waals surface area contributed by atoms with Gasteiger partial charge in [0.05, 0.1) is 20.3 Å². The Labute approximate surface area is 158 Å². The summed E-state index contributed by atoms with van der Waals surface area (Å²) in [5.74, 6) is 0.714. The number of anilines is 2. The lowest BCUT2D eigenvalue weighted by atomic mass is 10.3. The van der Waals surface area contributed by atoms with Crippen LogP contribution >= 0.6 is 11.3 Å². The number of nitrogens with zero attached hydrogens (tertiary/aromatic N) is 5. The number of rotatable bonds is 5. The van der Waals surface area contributed by atoms with E-state index in [1.165, 1.54) is 18.4 Å². The van der Waals surface area contributed by atoms with E-state index in [4.69, 9.17) is 13.9 Å². The number of morpholine rings is 1. The van der Waals surface area contributed by atoms with E-state index in [9.17, 15) is 4.79 Å². The Balaban J connectivity index is 1.51. The molecule has 1 aliphatic heterocycles. The summed E-state index contributed by atoms with van der Waals surface area (Å²) < 4.78 is 16.1. The van der Waals surface area contributed by atoms with Crippen LogP contribution in [0.1, 0.15) is 10.5 Å². The van der Waals surface area contributed by atoms with E-state index in [1.807, 2.05) is 21.7 Å². The molecule has 1 fully saturated rings. The number of nitrogens with one attached hydrogen (secondary N) is 1. The van der Waals surface area contributed by atoms with Crippen LogP contribution in [0.15, 0.2) is 27.3 Å². The Morgan fingerprint density at radius 2 is 2.11 bits per heavy atom. The van der Waals surface area contributed by atoms with Gasteiger partial charge in [0.25, 0.3) is 11.8 Å². The summed E-state index contributed by atoms with van der Waals surface area (Å²) >= 11 is 1.51. The molecule has 1 amide bonds. The van der Waals surface area contributed by atoms with Crippen molar-refractivity contribution in [2.24, 2.45) is 0 Å². The van der Waals surface area contributed by atoms with Crippen LogP contribution in [0.4, 0.5) is 11.8 Å². The third-order valence-electron chi connectivity index (χ3n) is 3.93. The lowest BCUT2D eigenvalue weighted by Gasteiger charge is -2.27. The van der Waals surface area contributed by atoms with E-state index in [2.05, 4.69) is 25.7 Å². The van der Waals surface area contributed by atoms with Crippen molar-refractivity contribution in [2.45, 2.75) is 0 Å². The third kappa shape index (κ3) is 3.73. The summed E-state index contributed by atoms with van der Waals surface area (Å²) in [7, 11) is 1.47. The number of thiophene rings is 1. The highest BCUT2D eigenvalue weighted by Crippen LogP contribution is 2.24. The standard InChI is InChI=1S/C16H16N6O4S/c1-24-11-8-12(22-3-5-25-6-4-22)18-19-13(11)14(23)17-16-21-20-15(26-16)10-2-7-27-9-10/h2,7-9H,3-6H2,1H3,(H,17,21,23). The number of amides is 1. The van der Waals surface area contributed by atoms with Crippen LogP contribution in [-0.2, 0) is 4.74 Å². The zero-order chi connectivity index (χ0) is 18.6. The van der Waals surface area contributed by atoms with Crippen LogP contribution < -0.4 is 15.0 Å². The largest absolute Gasteiger partial charge is 0.494 e. The van der Waals surface area contributed by atoms with Crippen molar-refractivity contribution in [3.8, 4) is 17.2 Å². The fraction of sp³-hybridized carbons (Fsp3) is 0.312. The van der Waals surface area contributed by atoms with Crippen molar-refractivity contribution in [2.75, 3.05) is 43.6 Å². The highest BCUT2D eigenvalue weighted by atomic mass is 32.1. The summed E-state index contributed by atoms with van der Waals surface area (Å²) in [6, 6.07) is 3.50. The zero-order valence-electron chi connectivity index (χ0n) is 14.4. The van der Waals surface area contributed by atoms with E-state index in [0.29, 0.717) is 43.8 Å². The van der Waals surface area contributed by atoms with E-state index < -0.39 is 5.91 Å². The Hall–Kier alpha value is -3.05. The minimum atomic E-state index is -0.548. The zero-order valence-corrected chi connectivity index (χ0v) is 15.2. The molecular formula is C16H16N6O4S. The average molecular weight is 388 g/mol. The molecule has 0 atom stereocenters. The number of hydrogen-bond acceptors (Lipinski definition) is 10. The molecule has 11 heteroatoms. The molecule has 0 spiro atoms. The maximum atomic E-state index is 12.5. The van der Waals surface area contributed by atoms with Crippen LogP contribution in [0.5, 0.6) is 5.75 Å². The smallest absolute Gasteiger partial charge is 0.322 e. The lowest BCUT2D eigenvalue weighted by molar-refractivity contribution is 0.101. The molecule has 0 aromatic carbocycles. The van der Waals surface area contributed by atoms with Gasteiger partial charge in [-0.3, -0.25) is 10.1 Å². The number of carbonyl (C=O) groups is 1. The number of methoxy groups -OCH3 is 1. The molecule has 1 N–H and O–H groups in total. The Morgan fingerprint density at radius 1 is 1.26 bits per heavy atom. The SMILES string of the molecule is COc1cc(N2CCOCC2)nnc1C(=O)Nc1nnc(-c2ccsc2)o1.